The Morgan fingerprint density at radius 2 is 2.18 bits per heavy atom. The van der Waals surface area contributed by atoms with Crippen LogP contribution in [0, 0.1) is 11.7 Å². The number of nitrogens with zero attached hydrogens (tertiary/aromatic N) is 4. The van der Waals surface area contributed by atoms with Crippen LogP contribution in [-0.2, 0) is 19.5 Å². The van der Waals surface area contributed by atoms with E-state index >= 15 is 0 Å². The van der Waals surface area contributed by atoms with Gasteiger partial charge < -0.3 is 10.2 Å². The molecular weight excluding hydrogens is 387 g/mol. The highest BCUT2D eigenvalue weighted by molar-refractivity contribution is 6.31. The molecule has 4 rings (SSSR count). The maximum absolute atomic E-state index is 13.3. The largest absolute Gasteiger partial charge is 0.322 e. The van der Waals surface area contributed by atoms with E-state index in [0.29, 0.717) is 37.4 Å². The molecular formula is C18H20ClFN6O2. The van der Waals surface area contributed by atoms with Crippen molar-refractivity contribution >= 4 is 29.2 Å². The average Bonchev–Trinajstić information content (AvgIpc) is 2.95. The quantitative estimate of drug-likeness (QED) is 0.560. The number of fused-ring (bicyclic) bond motifs is 3. The topological polar surface area (TPSA) is 96.5 Å². The molecule has 0 bridgehead atoms. The molecule has 0 radical (unpaired) electrons. The van der Waals surface area contributed by atoms with Crippen LogP contribution >= 0.6 is 11.6 Å². The summed E-state index contributed by atoms with van der Waals surface area (Å²) in [5.74, 6) is 5.25. The van der Waals surface area contributed by atoms with Gasteiger partial charge in [-0.25, -0.2) is 15.0 Å². The highest BCUT2D eigenvalue weighted by atomic mass is 35.5. The fourth-order valence-electron chi connectivity index (χ4n) is 3.66. The van der Waals surface area contributed by atoms with Crippen LogP contribution < -0.4 is 11.2 Å². The lowest BCUT2D eigenvalue weighted by Crippen LogP contribution is -2.41. The Bertz CT molecular complexity index is 962. The van der Waals surface area contributed by atoms with Crippen LogP contribution in [0.5, 0.6) is 0 Å². The van der Waals surface area contributed by atoms with Gasteiger partial charge in [-0.2, -0.15) is 5.10 Å². The maximum Gasteiger partial charge on any atom is 0.322 e. The number of hydrazine groups is 1. The summed E-state index contributed by atoms with van der Waals surface area (Å²) in [6.45, 7) is 3.77. The summed E-state index contributed by atoms with van der Waals surface area (Å²) >= 11 is 5.77. The van der Waals surface area contributed by atoms with Crippen molar-refractivity contribution in [3.8, 4) is 0 Å². The van der Waals surface area contributed by atoms with Crippen LogP contribution in [0.1, 0.15) is 28.7 Å². The highest BCUT2D eigenvalue weighted by Gasteiger charge is 2.34. The highest BCUT2D eigenvalue weighted by Crippen LogP contribution is 2.27. The first-order chi connectivity index (χ1) is 13.3. The van der Waals surface area contributed by atoms with E-state index in [2.05, 4.69) is 10.4 Å². The van der Waals surface area contributed by atoms with Crippen LogP contribution in [0.25, 0.3) is 0 Å². The van der Waals surface area contributed by atoms with Gasteiger partial charge in [-0.05, 0) is 24.1 Å². The number of nitrogens with one attached hydrogen (secondary N) is 1. The van der Waals surface area contributed by atoms with E-state index in [1.165, 1.54) is 23.2 Å². The van der Waals surface area contributed by atoms with Crippen LogP contribution in [0.2, 0.25) is 5.02 Å². The molecule has 2 aliphatic rings. The van der Waals surface area contributed by atoms with Gasteiger partial charge in [-0.3, -0.25) is 14.5 Å². The fraction of sp³-hybridized carbons (Fsp3) is 0.389. The number of carbonyl (C=O) groups excluding carboxylic acids is 2. The lowest BCUT2D eigenvalue weighted by atomic mass is 10.1. The molecule has 3 amide bonds. The van der Waals surface area contributed by atoms with E-state index < -0.39 is 5.82 Å². The van der Waals surface area contributed by atoms with Crippen molar-refractivity contribution in [2.75, 3.05) is 18.4 Å². The standard InChI is InChI=1S/C18H20ClFN6O2/c1-10-7-25(21)17(27)16-12-9-24(5-4-15(12)23-26(16)8-10)18(28)22-11-2-3-14(20)13(19)6-11/h2-3,6,10H,4-5,7-9,21H2,1H3,(H,22,28). The Labute approximate surface area is 166 Å². The maximum atomic E-state index is 13.3. The summed E-state index contributed by atoms with van der Waals surface area (Å²) in [4.78, 5) is 27.0. The zero-order valence-electron chi connectivity index (χ0n) is 15.3. The normalized spacial score (nSPS) is 19.1. The Morgan fingerprint density at radius 3 is 2.93 bits per heavy atom. The summed E-state index contributed by atoms with van der Waals surface area (Å²) in [5.41, 5.74) is 2.39. The molecule has 0 saturated carbocycles. The van der Waals surface area contributed by atoms with Gasteiger partial charge in [0, 0.05) is 37.3 Å². The van der Waals surface area contributed by atoms with Crippen molar-refractivity contribution in [2.45, 2.75) is 26.4 Å². The smallest absolute Gasteiger partial charge is 0.320 e. The van der Waals surface area contributed by atoms with Crippen molar-refractivity contribution in [2.24, 2.45) is 11.8 Å². The monoisotopic (exact) mass is 406 g/mol. The summed E-state index contributed by atoms with van der Waals surface area (Å²) in [6, 6.07) is 3.64. The number of anilines is 1. The second-order valence-electron chi connectivity index (χ2n) is 7.25. The zero-order chi connectivity index (χ0) is 20.0. The van der Waals surface area contributed by atoms with Crippen LogP contribution in [-0.4, -0.2) is 44.7 Å². The molecule has 0 saturated heterocycles. The first-order valence-electron chi connectivity index (χ1n) is 8.99. The van der Waals surface area contributed by atoms with E-state index in [4.69, 9.17) is 17.4 Å². The van der Waals surface area contributed by atoms with Gasteiger partial charge >= 0.3 is 6.03 Å². The molecule has 1 atom stereocenters. The third-order valence-electron chi connectivity index (χ3n) is 5.02. The molecule has 28 heavy (non-hydrogen) atoms. The lowest BCUT2D eigenvalue weighted by molar-refractivity contribution is 0.0739. The van der Waals surface area contributed by atoms with Gasteiger partial charge in [-0.15, -0.1) is 0 Å². The summed E-state index contributed by atoms with van der Waals surface area (Å²) in [5, 5.41) is 8.44. The Hall–Kier alpha value is -2.65. The first-order valence-corrected chi connectivity index (χ1v) is 9.37. The minimum Gasteiger partial charge on any atom is -0.320 e. The van der Waals surface area contributed by atoms with E-state index in [1.54, 1.807) is 9.58 Å². The van der Waals surface area contributed by atoms with Crippen molar-refractivity contribution in [1.82, 2.24) is 19.7 Å². The number of urea groups is 1. The number of carbonyl (C=O) groups is 2. The number of hydrogen-bond acceptors (Lipinski definition) is 4. The van der Waals surface area contributed by atoms with Gasteiger partial charge in [0.25, 0.3) is 5.91 Å². The SMILES string of the molecule is CC1CN(N)C(=O)c2c3c(nn2C1)CCN(C(=O)Nc1ccc(F)c(Cl)c1)C3. The summed E-state index contributed by atoms with van der Waals surface area (Å²) in [7, 11) is 0. The van der Waals surface area contributed by atoms with Crippen molar-refractivity contribution in [3.05, 3.63) is 46.0 Å². The van der Waals surface area contributed by atoms with Gasteiger partial charge in [0.05, 0.1) is 17.3 Å². The Kier molecular flexibility index (Phi) is 4.72. The molecule has 2 aromatic rings. The third kappa shape index (κ3) is 3.31. The molecule has 0 spiro atoms. The number of hydrogen-bond donors (Lipinski definition) is 2. The van der Waals surface area contributed by atoms with Gasteiger partial charge in [0.15, 0.2) is 0 Å². The van der Waals surface area contributed by atoms with Gasteiger partial charge in [0.2, 0.25) is 0 Å². The molecule has 1 unspecified atom stereocenters. The van der Waals surface area contributed by atoms with E-state index in [9.17, 15) is 14.0 Å². The fourth-order valence-corrected chi connectivity index (χ4v) is 3.84. The van der Waals surface area contributed by atoms with E-state index in [-0.39, 0.29) is 29.4 Å². The van der Waals surface area contributed by atoms with Crippen molar-refractivity contribution < 1.29 is 14.0 Å². The molecule has 0 fully saturated rings. The molecule has 1 aromatic carbocycles. The summed E-state index contributed by atoms with van der Waals surface area (Å²) < 4.78 is 15.0. The zero-order valence-corrected chi connectivity index (χ0v) is 16.0. The molecule has 3 heterocycles. The lowest BCUT2D eigenvalue weighted by Gasteiger charge is -2.27. The van der Waals surface area contributed by atoms with Gasteiger partial charge in [-0.1, -0.05) is 18.5 Å². The van der Waals surface area contributed by atoms with Gasteiger partial charge in [0.1, 0.15) is 11.5 Å². The van der Waals surface area contributed by atoms with E-state index in [1.807, 2.05) is 6.92 Å². The molecule has 1 aromatic heterocycles. The first kappa shape index (κ1) is 18.7. The Morgan fingerprint density at radius 1 is 1.39 bits per heavy atom. The third-order valence-corrected chi connectivity index (χ3v) is 5.31. The molecule has 148 valence electrons. The minimum absolute atomic E-state index is 0.0663. The Balaban J connectivity index is 1.57. The van der Waals surface area contributed by atoms with Crippen molar-refractivity contribution in [1.29, 1.82) is 0 Å². The number of nitrogens with two attached hydrogens (primary N) is 1. The molecule has 2 aliphatic heterocycles. The number of amides is 3. The molecule has 10 heteroatoms. The second-order valence-corrected chi connectivity index (χ2v) is 7.66. The molecule has 8 nitrogen and oxygen atoms in total. The predicted octanol–water partition coefficient (Wildman–Crippen LogP) is 2.23. The number of benzene rings is 1. The molecule has 0 aliphatic carbocycles. The number of aromatic nitrogens is 2. The predicted molar refractivity (Wildman–Crippen MR) is 101 cm³/mol. The molecule has 3 N–H and O–H groups in total. The average molecular weight is 407 g/mol. The number of halogens is 2. The summed E-state index contributed by atoms with van der Waals surface area (Å²) in [6.07, 6.45) is 0.541. The second kappa shape index (κ2) is 7.06. The van der Waals surface area contributed by atoms with Crippen molar-refractivity contribution in [3.63, 3.8) is 0 Å². The van der Waals surface area contributed by atoms with E-state index in [0.717, 1.165) is 11.3 Å². The van der Waals surface area contributed by atoms with Crippen LogP contribution in [0.3, 0.4) is 0 Å². The minimum atomic E-state index is -0.552. The van der Waals surface area contributed by atoms with Crippen LogP contribution in [0.15, 0.2) is 18.2 Å². The van der Waals surface area contributed by atoms with Crippen LogP contribution in [0.4, 0.5) is 14.9 Å². The number of rotatable bonds is 1.